The van der Waals surface area contributed by atoms with Crippen molar-refractivity contribution in [1.82, 2.24) is 0 Å². The van der Waals surface area contributed by atoms with Crippen LogP contribution in [-0.4, -0.2) is 11.2 Å². The van der Waals surface area contributed by atoms with Crippen LogP contribution in [0.4, 0.5) is 0 Å². The Morgan fingerprint density at radius 2 is 1.74 bits per heavy atom. The molecular weight excluding hydrogens is 232 g/mol. The van der Waals surface area contributed by atoms with Gasteiger partial charge in [-0.15, -0.1) is 0 Å². The summed E-state index contributed by atoms with van der Waals surface area (Å²) in [4.78, 5) is 0. The van der Waals surface area contributed by atoms with Crippen molar-refractivity contribution in [3.05, 3.63) is 35.4 Å². The zero-order chi connectivity index (χ0) is 13.7. The zero-order valence-electron chi connectivity index (χ0n) is 12.4. The minimum atomic E-state index is -0.0843. The highest BCUT2D eigenvalue weighted by molar-refractivity contribution is 5.23. The summed E-state index contributed by atoms with van der Waals surface area (Å²) in [5.74, 6) is 1.31. The van der Waals surface area contributed by atoms with Crippen molar-refractivity contribution in [2.24, 2.45) is 11.8 Å². The van der Waals surface area contributed by atoms with E-state index in [2.05, 4.69) is 38.1 Å². The molecule has 0 aliphatic heterocycles. The number of hydrogen-bond donors (Lipinski definition) is 1. The van der Waals surface area contributed by atoms with Crippen LogP contribution in [0.1, 0.15) is 57.1 Å². The molecule has 1 fully saturated rings. The zero-order valence-corrected chi connectivity index (χ0v) is 12.4. The van der Waals surface area contributed by atoms with E-state index >= 15 is 0 Å². The molecule has 0 bridgehead atoms. The second-order valence-corrected chi connectivity index (χ2v) is 6.17. The summed E-state index contributed by atoms with van der Waals surface area (Å²) in [5, 5.41) is 10.2. The van der Waals surface area contributed by atoms with E-state index in [0.717, 1.165) is 25.2 Å². The van der Waals surface area contributed by atoms with Crippen molar-refractivity contribution in [3.8, 4) is 0 Å². The summed E-state index contributed by atoms with van der Waals surface area (Å²) in [6, 6.07) is 8.95. The third-order valence-electron chi connectivity index (χ3n) is 4.68. The fourth-order valence-corrected chi connectivity index (χ4v) is 3.45. The maximum absolute atomic E-state index is 10.2. The second kappa shape index (κ2) is 7.09. The molecule has 1 aromatic rings. The van der Waals surface area contributed by atoms with E-state index in [-0.39, 0.29) is 6.10 Å². The Hall–Kier alpha value is -0.820. The van der Waals surface area contributed by atoms with Crippen LogP contribution < -0.4 is 0 Å². The lowest BCUT2D eigenvalue weighted by Crippen LogP contribution is -2.30. The Labute approximate surface area is 118 Å². The second-order valence-electron chi connectivity index (χ2n) is 6.17. The highest BCUT2D eigenvalue weighted by atomic mass is 16.3. The molecule has 1 heteroatoms. The number of aryl methyl sites for hydroxylation is 1. The van der Waals surface area contributed by atoms with Crippen LogP contribution in [-0.2, 0) is 12.8 Å². The van der Waals surface area contributed by atoms with Crippen LogP contribution in [0, 0.1) is 11.8 Å². The number of rotatable bonds is 5. The van der Waals surface area contributed by atoms with Gasteiger partial charge in [0, 0.05) is 0 Å². The first-order valence-electron chi connectivity index (χ1n) is 7.98. The van der Waals surface area contributed by atoms with Gasteiger partial charge in [-0.05, 0) is 55.1 Å². The van der Waals surface area contributed by atoms with Crippen LogP contribution in [0.2, 0.25) is 0 Å². The minimum absolute atomic E-state index is 0.0843. The molecule has 1 saturated carbocycles. The molecule has 0 radical (unpaired) electrons. The molecule has 0 amide bonds. The first-order valence-corrected chi connectivity index (χ1v) is 7.98. The van der Waals surface area contributed by atoms with E-state index in [1.54, 1.807) is 0 Å². The number of benzene rings is 1. The normalized spacial score (nSPS) is 27.4. The van der Waals surface area contributed by atoms with Gasteiger partial charge in [0.2, 0.25) is 0 Å². The molecule has 3 unspecified atom stereocenters. The van der Waals surface area contributed by atoms with Crippen molar-refractivity contribution in [2.45, 2.75) is 64.9 Å². The number of aliphatic hydroxyl groups excluding tert-OH is 1. The van der Waals surface area contributed by atoms with Gasteiger partial charge < -0.3 is 5.11 Å². The van der Waals surface area contributed by atoms with Crippen LogP contribution in [0.5, 0.6) is 0 Å². The van der Waals surface area contributed by atoms with Gasteiger partial charge in [-0.2, -0.15) is 0 Å². The van der Waals surface area contributed by atoms with Crippen molar-refractivity contribution in [3.63, 3.8) is 0 Å². The van der Waals surface area contributed by atoms with Crippen LogP contribution in [0.25, 0.3) is 0 Å². The van der Waals surface area contributed by atoms with Gasteiger partial charge in [-0.3, -0.25) is 0 Å². The summed E-state index contributed by atoms with van der Waals surface area (Å²) in [6.07, 6.45) is 8.11. The van der Waals surface area contributed by atoms with Gasteiger partial charge in [-0.25, -0.2) is 0 Å². The number of hydrogen-bond acceptors (Lipinski definition) is 1. The molecule has 1 aromatic carbocycles. The number of aliphatic hydroxyl groups is 1. The lowest BCUT2D eigenvalue weighted by Gasteiger charge is -2.33. The monoisotopic (exact) mass is 260 g/mol. The highest BCUT2D eigenvalue weighted by Gasteiger charge is 2.28. The van der Waals surface area contributed by atoms with E-state index in [1.807, 2.05) is 0 Å². The SMILES string of the molecule is CCCC1CCC(O)C(Cc2ccc(CC)cc2)C1. The van der Waals surface area contributed by atoms with Gasteiger partial charge in [0.15, 0.2) is 0 Å². The van der Waals surface area contributed by atoms with Gasteiger partial charge >= 0.3 is 0 Å². The van der Waals surface area contributed by atoms with Gasteiger partial charge in [0.25, 0.3) is 0 Å². The predicted octanol–water partition coefficient (Wildman–Crippen LogP) is 4.37. The molecule has 1 nitrogen and oxygen atoms in total. The van der Waals surface area contributed by atoms with E-state index in [4.69, 9.17) is 0 Å². The van der Waals surface area contributed by atoms with Crippen LogP contribution in [0.15, 0.2) is 24.3 Å². The Morgan fingerprint density at radius 3 is 2.37 bits per heavy atom. The smallest absolute Gasteiger partial charge is 0.0571 e. The Morgan fingerprint density at radius 1 is 1.05 bits per heavy atom. The molecule has 2 rings (SSSR count). The van der Waals surface area contributed by atoms with Gasteiger partial charge in [0.05, 0.1) is 6.10 Å². The Kier molecular flexibility index (Phi) is 5.45. The predicted molar refractivity (Wildman–Crippen MR) is 81.3 cm³/mol. The third-order valence-corrected chi connectivity index (χ3v) is 4.68. The summed E-state index contributed by atoms with van der Waals surface area (Å²) < 4.78 is 0. The molecule has 3 atom stereocenters. The van der Waals surface area contributed by atoms with E-state index in [9.17, 15) is 5.11 Å². The minimum Gasteiger partial charge on any atom is -0.393 e. The molecule has 0 heterocycles. The van der Waals surface area contributed by atoms with E-state index < -0.39 is 0 Å². The van der Waals surface area contributed by atoms with Crippen molar-refractivity contribution in [1.29, 1.82) is 0 Å². The topological polar surface area (TPSA) is 20.2 Å². The van der Waals surface area contributed by atoms with Gasteiger partial charge in [-0.1, -0.05) is 51.0 Å². The van der Waals surface area contributed by atoms with Crippen LogP contribution >= 0.6 is 0 Å². The van der Waals surface area contributed by atoms with E-state index in [1.165, 1.54) is 36.8 Å². The third kappa shape index (κ3) is 4.07. The standard InChI is InChI=1S/C18H28O/c1-3-5-15-10-11-18(19)17(12-15)13-16-8-6-14(4-2)7-9-16/h6-9,15,17-19H,3-5,10-13H2,1-2H3. The van der Waals surface area contributed by atoms with Crippen molar-refractivity contribution < 1.29 is 5.11 Å². The maximum Gasteiger partial charge on any atom is 0.0571 e. The Bertz CT molecular complexity index is 368. The molecule has 0 saturated heterocycles. The maximum atomic E-state index is 10.2. The largest absolute Gasteiger partial charge is 0.393 e. The molecule has 0 spiro atoms. The average molecular weight is 260 g/mol. The van der Waals surface area contributed by atoms with Gasteiger partial charge in [0.1, 0.15) is 0 Å². The first-order chi connectivity index (χ1) is 9.22. The summed E-state index contributed by atoms with van der Waals surface area (Å²) in [6.45, 7) is 4.46. The molecule has 19 heavy (non-hydrogen) atoms. The summed E-state index contributed by atoms with van der Waals surface area (Å²) >= 11 is 0. The summed E-state index contributed by atoms with van der Waals surface area (Å²) in [5.41, 5.74) is 2.79. The lowest BCUT2D eigenvalue weighted by atomic mass is 9.75. The highest BCUT2D eigenvalue weighted by Crippen LogP contribution is 2.34. The fraction of sp³-hybridized carbons (Fsp3) is 0.667. The Balaban J connectivity index is 1.95. The quantitative estimate of drug-likeness (QED) is 0.833. The van der Waals surface area contributed by atoms with E-state index in [0.29, 0.717) is 5.92 Å². The fourth-order valence-electron chi connectivity index (χ4n) is 3.45. The summed E-state index contributed by atoms with van der Waals surface area (Å²) in [7, 11) is 0. The lowest BCUT2D eigenvalue weighted by molar-refractivity contribution is 0.0463. The molecule has 1 aliphatic carbocycles. The van der Waals surface area contributed by atoms with Crippen LogP contribution in [0.3, 0.4) is 0 Å². The van der Waals surface area contributed by atoms with Crippen molar-refractivity contribution in [2.75, 3.05) is 0 Å². The first kappa shape index (κ1) is 14.6. The average Bonchev–Trinajstić information content (AvgIpc) is 2.44. The molecule has 1 N–H and O–H groups in total. The molecule has 1 aliphatic rings. The molecule has 106 valence electrons. The molecular formula is C18H28O. The van der Waals surface area contributed by atoms with Crippen molar-refractivity contribution >= 4 is 0 Å². The molecule has 0 aromatic heterocycles.